The summed E-state index contributed by atoms with van der Waals surface area (Å²) in [6, 6.07) is 0. The molecule has 0 spiro atoms. The Morgan fingerprint density at radius 1 is 1.10 bits per heavy atom. The van der Waals surface area contributed by atoms with Crippen LogP contribution in [0.25, 0.3) is 0 Å². The first-order valence-electron chi connectivity index (χ1n) is 1.48. The quantitative estimate of drug-likeness (QED) is 0.216. The van der Waals surface area contributed by atoms with Gasteiger partial charge in [-0.25, -0.2) is 0 Å². The minimum absolute atomic E-state index is 0. The number of nitrogens with zero attached hydrogens (tertiary/aromatic N) is 1. The third-order valence-electron chi connectivity index (χ3n) is 0.351. The second-order valence-corrected chi connectivity index (χ2v) is 6.93. The van der Waals surface area contributed by atoms with E-state index >= 15 is 0 Å². The Labute approximate surface area is 62.8 Å². The van der Waals surface area contributed by atoms with Crippen molar-refractivity contribution in [2.24, 2.45) is 23.9 Å². The van der Waals surface area contributed by atoms with Gasteiger partial charge in [0.05, 0.1) is 0 Å². The van der Waals surface area contributed by atoms with Crippen molar-refractivity contribution in [3.05, 3.63) is 10.1 Å². The van der Waals surface area contributed by atoms with E-state index in [1.165, 1.54) is 0 Å². The first-order valence-corrected chi connectivity index (χ1v) is 4.95. The van der Waals surface area contributed by atoms with E-state index in [2.05, 4.69) is 0 Å². The van der Waals surface area contributed by atoms with Crippen LogP contribution in [0.4, 0.5) is 0 Å². The van der Waals surface area contributed by atoms with Crippen LogP contribution in [-0.2, 0) is 11.8 Å². The maximum absolute atomic E-state index is 9.91. The van der Waals surface area contributed by atoms with Crippen molar-refractivity contribution in [2.45, 2.75) is 0 Å². The molecule has 10 heteroatoms. The zero-order chi connectivity index (χ0) is 7.99. The summed E-state index contributed by atoms with van der Waals surface area (Å²) in [4.78, 5) is 33.5. The maximum atomic E-state index is 9.91. The molecule has -42 valence electrons. The van der Waals surface area contributed by atoms with Crippen molar-refractivity contribution in [1.29, 1.82) is 0 Å². The van der Waals surface area contributed by atoms with Crippen molar-refractivity contribution < 1.29 is 28.2 Å². The third kappa shape index (κ3) is 3.92. The van der Waals surface area contributed by atoms with Gasteiger partial charge in [0.2, 0.25) is 0 Å². The zero-order valence-electron chi connectivity index (χ0n) is 4.86. The molecule has 0 rings (SSSR count). The van der Waals surface area contributed by atoms with Crippen molar-refractivity contribution in [1.82, 2.24) is 0 Å². The number of nitrogens with two attached hydrogens (primary N) is 5. The molecule has 0 aliphatic carbocycles. The Kier molecular flexibility index (Phi) is 2.25. The van der Waals surface area contributed by atoms with E-state index in [1.54, 1.807) is 0 Å². The molecular formula is H10ClCoN6O2+110. The van der Waals surface area contributed by atoms with E-state index in [-0.39, 0.29) is 12.4 Å². The summed E-state index contributed by atoms with van der Waals surface area (Å²) in [5, 5.41) is 9.91. The van der Waals surface area contributed by atoms with Crippen molar-refractivity contribution in [2.75, 3.05) is 0 Å². The molecule has 0 saturated heterocycles. The molecule has 10 heavy (non-hydrogen) atoms. The number of hydrogen-bond donors (Lipinski definition) is 5. The Morgan fingerprint density at radius 3 is 1.20 bits per heavy atom. The number of nitro groups is 1. The summed E-state index contributed by atoms with van der Waals surface area (Å²) in [6.45, 7) is 0. The van der Waals surface area contributed by atoms with Crippen LogP contribution in [0, 0.1) is 10.1 Å². The molecule has 0 bridgehead atoms. The number of rotatable bonds is 1. The Balaban J connectivity index is 0. The van der Waals surface area contributed by atoms with E-state index in [1.807, 2.05) is 0 Å². The van der Waals surface area contributed by atoms with Gasteiger partial charge >= 0.3 is 49.8 Å². The Bertz CT molecular complexity index is 151. The molecular weight excluding hydrogens is 210 g/mol. The van der Waals surface area contributed by atoms with Crippen LogP contribution >= 0.6 is 0 Å². The Hall–Kier alpha value is -0.00351. The first kappa shape index (κ1) is 12.7. The molecule has 0 aromatic heterocycles. The third-order valence-corrected chi connectivity index (χ3v) is 1.45. The fourth-order valence-corrected chi connectivity index (χ4v) is 0. The molecule has 0 aliphatic rings. The van der Waals surface area contributed by atoms with Crippen LogP contribution in [0.15, 0.2) is 0 Å². The van der Waals surface area contributed by atoms with Crippen LogP contribution in [0.3, 0.4) is 0 Å². The summed E-state index contributed by atoms with van der Waals surface area (Å²) in [7, 11) is 0. The van der Waals surface area contributed by atoms with Gasteiger partial charge in [-0.1, -0.05) is 0 Å². The van der Waals surface area contributed by atoms with Gasteiger partial charge in [0, 0.05) is 0 Å². The van der Waals surface area contributed by atoms with E-state index in [9.17, 15) is 10.1 Å². The normalized spacial score (nSPS) is 18.1. The van der Waals surface area contributed by atoms with Crippen LogP contribution in [-0.4, -0.2) is 3.97 Å². The summed E-state index contributed by atoms with van der Waals surface area (Å²) in [6.07, 6.45) is 0. The van der Waals surface area contributed by atoms with Crippen LogP contribution in [0.5, 0.6) is 0 Å². The van der Waals surface area contributed by atoms with Gasteiger partial charge in [-0.2, -0.15) is 0 Å². The van der Waals surface area contributed by atoms with E-state index in [0.29, 0.717) is 0 Å². The van der Waals surface area contributed by atoms with Gasteiger partial charge in [0.15, 0.2) is 0 Å². The summed E-state index contributed by atoms with van der Waals surface area (Å²) in [5.74, 6) is 0. The van der Waals surface area contributed by atoms with E-state index < -0.39 is 15.8 Å². The van der Waals surface area contributed by atoms with Gasteiger partial charge in [-0.05, 0) is 0 Å². The molecule has 10 N–H and O–H groups in total. The second-order valence-electron chi connectivity index (χ2n) is 1.74. The van der Waals surface area contributed by atoms with Gasteiger partial charge in [-0.15, -0.1) is 0 Å². The molecule has 8 nitrogen and oxygen atoms in total. The summed E-state index contributed by atoms with van der Waals surface area (Å²) < 4.78 is -1.25. The summed E-state index contributed by atoms with van der Waals surface area (Å²) >= 11 is -5.58. The molecule has 0 amide bonds. The van der Waals surface area contributed by atoms with E-state index in [0.717, 1.165) is 0 Å². The van der Waals surface area contributed by atoms with Crippen LogP contribution in [0.1, 0.15) is 0 Å². The fourth-order valence-electron chi connectivity index (χ4n) is 0. The second kappa shape index (κ2) is 1.78. The number of halogens is 1. The predicted molar refractivity (Wildman–Crippen MR) is 27.9 cm³/mol. The molecule has 0 heterocycles. The first-order chi connectivity index (χ1) is 3.43. The molecule has 0 atom stereocenters. The van der Waals surface area contributed by atoms with Crippen molar-refractivity contribution in [3.63, 3.8) is 0 Å². The summed E-state index contributed by atoms with van der Waals surface area (Å²) in [5.41, 5.74) is 0. The zero-order valence-corrected chi connectivity index (χ0v) is 6.66. The SMILES string of the molecule is [Cl-].[NH2][Co+111]([NH2])([NH2])([NH2])([NH2])[N+](=O)[O-]. The van der Waals surface area contributed by atoms with Crippen LogP contribution in [0.2, 0.25) is 0 Å². The van der Waals surface area contributed by atoms with Gasteiger partial charge < -0.3 is 12.4 Å². The van der Waals surface area contributed by atoms with Gasteiger partial charge in [0.25, 0.3) is 0 Å². The molecule has 0 aromatic rings. The Morgan fingerprint density at radius 2 is 1.20 bits per heavy atom. The molecule has 0 aromatic carbocycles. The van der Waals surface area contributed by atoms with Gasteiger partial charge in [0.1, 0.15) is 0 Å². The average molecular weight is 221 g/mol. The van der Waals surface area contributed by atoms with E-state index in [4.69, 9.17) is 23.9 Å². The minimum atomic E-state index is -5.58. The fraction of sp³-hybridized carbons (Fsp3) is 0. The molecule has 0 radical (unpaired) electrons. The number of hydrogen-bond acceptors (Lipinski definition) is 7. The average Bonchev–Trinajstić information content (AvgIpc) is 1.24. The molecule has 0 fully saturated rings. The molecule has 0 unspecified atom stereocenters. The standard InChI is InChI=1S/ClH.Co.NO2.5H2N/c;;2-1-3;;;;;/h1H;;;5*1H2/q;+116;;5*-1/p-1. The van der Waals surface area contributed by atoms with Gasteiger partial charge in [-0.3, -0.25) is 0 Å². The van der Waals surface area contributed by atoms with Crippen LogP contribution < -0.4 is 36.3 Å². The molecule has 0 saturated carbocycles. The van der Waals surface area contributed by atoms with Crippen molar-refractivity contribution in [3.8, 4) is 0 Å². The topological polar surface area (TPSA) is 173 Å². The monoisotopic (exact) mass is 220 g/mol. The predicted octanol–water partition coefficient (Wildman–Crippen LogP) is -6.22. The molecule has 0 aliphatic heterocycles. The van der Waals surface area contributed by atoms with Crippen molar-refractivity contribution >= 4 is 0 Å².